The van der Waals surface area contributed by atoms with E-state index in [1.807, 2.05) is 0 Å². The molecule has 2 aromatic heterocycles. The van der Waals surface area contributed by atoms with Gasteiger partial charge >= 0.3 is 0 Å². The molecule has 0 aliphatic rings. The first kappa shape index (κ1) is 37.1. The highest BCUT2D eigenvalue weighted by Gasteiger charge is 2.18. The number of rotatable bonds is 18. The van der Waals surface area contributed by atoms with Crippen LogP contribution in [0.25, 0.3) is 0 Å². The molecule has 0 saturated heterocycles. The van der Waals surface area contributed by atoms with Gasteiger partial charge in [0.05, 0.1) is 23.0 Å². The van der Waals surface area contributed by atoms with Gasteiger partial charge in [0, 0.05) is 62.5 Å². The fourth-order valence-electron chi connectivity index (χ4n) is 4.67. The molecule has 4 amide bonds. The highest BCUT2D eigenvalue weighted by molar-refractivity contribution is 6.06. The van der Waals surface area contributed by atoms with Crippen molar-refractivity contribution >= 4 is 58.0 Å². The highest BCUT2D eigenvalue weighted by Crippen LogP contribution is 2.22. The van der Waals surface area contributed by atoms with E-state index in [-0.39, 0.29) is 61.0 Å². The minimum absolute atomic E-state index is 0.0701. The lowest BCUT2D eigenvalue weighted by atomic mass is 10.1. The van der Waals surface area contributed by atoms with Crippen LogP contribution in [0.1, 0.15) is 87.2 Å². The van der Waals surface area contributed by atoms with Crippen LogP contribution in [-0.2, 0) is 22.7 Å². The zero-order valence-corrected chi connectivity index (χ0v) is 28.1. The van der Waals surface area contributed by atoms with Crippen molar-refractivity contribution in [1.29, 1.82) is 10.8 Å². The van der Waals surface area contributed by atoms with Crippen molar-refractivity contribution in [1.82, 2.24) is 9.13 Å². The van der Waals surface area contributed by atoms with Crippen LogP contribution in [0.4, 0.5) is 22.7 Å². The number of nitrogens with one attached hydrogen (secondary N) is 6. The van der Waals surface area contributed by atoms with Crippen LogP contribution in [-0.4, -0.2) is 44.4 Å². The third-order valence-corrected chi connectivity index (χ3v) is 7.36. The van der Waals surface area contributed by atoms with Gasteiger partial charge in [0.25, 0.3) is 11.8 Å². The molecule has 0 aliphatic carbocycles. The van der Waals surface area contributed by atoms with E-state index in [0.717, 1.165) is 12.8 Å². The predicted octanol–water partition coefficient (Wildman–Crippen LogP) is 5.20. The Labute approximate surface area is 281 Å². The number of amidine groups is 2. The normalized spacial score (nSPS) is 11.0. The smallest absolute Gasteiger partial charge is 0.272 e. The van der Waals surface area contributed by atoms with Gasteiger partial charge in [0.1, 0.15) is 11.4 Å². The average molecular weight is 661 g/mol. The van der Waals surface area contributed by atoms with Crippen molar-refractivity contribution < 1.29 is 19.2 Å². The first-order valence-corrected chi connectivity index (χ1v) is 16.1. The molecular formula is C34H48N10O4. The van der Waals surface area contributed by atoms with Crippen LogP contribution in [0.2, 0.25) is 0 Å². The number of benzene rings is 1. The molecule has 0 bridgehead atoms. The van der Waals surface area contributed by atoms with Crippen molar-refractivity contribution in [3.05, 3.63) is 60.2 Å². The number of hydrogen-bond donors (Lipinski definition) is 8. The lowest BCUT2D eigenvalue weighted by Crippen LogP contribution is -2.18. The molecule has 3 aromatic rings. The number of aromatic nitrogens is 2. The molecule has 0 spiro atoms. The second-order valence-electron chi connectivity index (χ2n) is 12.6. The van der Waals surface area contributed by atoms with Crippen molar-refractivity contribution in [2.75, 3.05) is 21.3 Å². The van der Waals surface area contributed by atoms with Gasteiger partial charge in [-0.05, 0) is 61.1 Å². The second-order valence-corrected chi connectivity index (χ2v) is 12.6. The van der Waals surface area contributed by atoms with E-state index < -0.39 is 0 Å². The largest absolute Gasteiger partial charge is 0.388 e. The molecule has 0 aliphatic heterocycles. The zero-order chi connectivity index (χ0) is 35.4. The first-order valence-electron chi connectivity index (χ1n) is 16.1. The summed E-state index contributed by atoms with van der Waals surface area (Å²) in [4.78, 5) is 51.3. The molecule has 0 fully saturated rings. The monoisotopic (exact) mass is 660 g/mol. The Morgan fingerprint density at radius 1 is 0.604 bits per heavy atom. The number of anilines is 4. The molecular weight excluding hydrogens is 612 g/mol. The summed E-state index contributed by atoms with van der Waals surface area (Å²) in [6, 6.07) is 9.94. The second kappa shape index (κ2) is 17.5. The molecule has 3 rings (SSSR count). The van der Waals surface area contributed by atoms with E-state index in [0.29, 0.717) is 59.1 Å². The average Bonchev–Trinajstić information content (AvgIpc) is 3.61. The fraction of sp³-hybridized carbons (Fsp3) is 0.412. The van der Waals surface area contributed by atoms with E-state index >= 15 is 0 Å². The van der Waals surface area contributed by atoms with Gasteiger partial charge in [-0.3, -0.25) is 30.0 Å². The van der Waals surface area contributed by atoms with Gasteiger partial charge in [-0.1, -0.05) is 27.7 Å². The van der Waals surface area contributed by atoms with Crippen molar-refractivity contribution in [3.8, 4) is 0 Å². The Morgan fingerprint density at radius 2 is 0.958 bits per heavy atom. The summed E-state index contributed by atoms with van der Waals surface area (Å²) in [6.07, 6.45) is 5.55. The Kier molecular flexibility index (Phi) is 13.5. The highest BCUT2D eigenvalue weighted by atomic mass is 16.2. The van der Waals surface area contributed by atoms with E-state index in [4.69, 9.17) is 22.3 Å². The van der Waals surface area contributed by atoms with Crippen LogP contribution >= 0.6 is 0 Å². The molecule has 48 heavy (non-hydrogen) atoms. The van der Waals surface area contributed by atoms with Gasteiger partial charge < -0.3 is 41.9 Å². The van der Waals surface area contributed by atoms with Gasteiger partial charge in [-0.25, -0.2) is 0 Å². The summed E-state index contributed by atoms with van der Waals surface area (Å²) in [5, 5.41) is 26.0. The minimum atomic E-state index is -0.361. The quantitative estimate of drug-likeness (QED) is 0.0675. The maximum atomic E-state index is 13.3. The van der Waals surface area contributed by atoms with Crippen LogP contribution in [0.5, 0.6) is 0 Å². The summed E-state index contributed by atoms with van der Waals surface area (Å²) >= 11 is 0. The lowest BCUT2D eigenvalue weighted by molar-refractivity contribution is -0.116. The predicted molar refractivity (Wildman–Crippen MR) is 190 cm³/mol. The van der Waals surface area contributed by atoms with E-state index in [1.165, 1.54) is 0 Å². The summed E-state index contributed by atoms with van der Waals surface area (Å²) < 4.78 is 3.61. The maximum Gasteiger partial charge on any atom is 0.272 e. The standard InChI is InChI=1S/C34H48N10O4/c1-21(2)13-15-43-19-25(39-31(45)11-9-29(35)36)17-27(43)33(47)41-23-5-7-24(8-6-23)42-34(48)28-18-26(20-44(28)16-14-22(3)4)40-32(46)12-10-30(37)38/h5-8,17-22H,9-16H2,1-4H3,(H3,35,36)(H3,37,38)(H,39,45)(H,40,46)(H,41,47)(H,42,48). The van der Waals surface area contributed by atoms with Gasteiger partial charge in [0.2, 0.25) is 11.8 Å². The number of nitrogens with two attached hydrogens (primary N) is 2. The zero-order valence-electron chi connectivity index (χ0n) is 28.1. The number of hydrogen-bond acceptors (Lipinski definition) is 6. The first-order chi connectivity index (χ1) is 22.7. The van der Waals surface area contributed by atoms with E-state index in [9.17, 15) is 19.2 Å². The Bertz CT molecular complexity index is 1500. The van der Waals surface area contributed by atoms with Crippen LogP contribution in [0.15, 0.2) is 48.8 Å². The summed E-state index contributed by atoms with van der Waals surface area (Å²) in [7, 11) is 0. The van der Waals surface area contributed by atoms with Crippen LogP contribution in [0.3, 0.4) is 0 Å². The molecule has 1 aromatic carbocycles. The molecule has 2 heterocycles. The van der Waals surface area contributed by atoms with Gasteiger partial charge in [-0.15, -0.1) is 0 Å². The summed E-state index contributed by atoms with van der Waals surface area (Å²) in [5.74, 6) is -0.649. The van der Waals surface area contributed by atoms with Crippen LogP contribution in [0, 0.1) is 22.7 Å². The van der Waals surface area contributed by atoms with Gasteiger partial charge in [-0.2, -0.15) is 0 Å². The molecule has 14 heteroatoms. The SMILES string of the molecule is CC(C)CCn1cc(NC(=O)CCC(=N)N)cc1C(=O)Nc1ccc(NC(=O)c2cc(NC(=O)CCC(=N)N)cn2CCC(C)C)cc1. The van der Waals surface area contributed by atoms with E-state index in [1.54, 1.807) is 57.9 Å². The van der Waals surface area contributed by atoms with Crippen LogP contribution < -0.4 is 32.7 Å². The fourth-order valence-corrected chi connectivity index (χ4v) is 4.67. The number of carbonyl (C=O) groups excluding carboxylic acids is 4. The summed E-state index contributed by atoms with van der Waals surface area (Å²) in [5.41, 5.74) is 13.5. The third-order valence-electron chi connectivity index (χ3n) is 7.36. The molecule has 0 unspecified atom stereocenters. The maximum absolute atomic E-state index is 13.3. The number of carbonyl (C=O) groups is 4. The topological polar surface area (TPSA) is 226 Å². The van der Waals surface area contributed by atoms with Crippen molar-refractivity contribution in [2.24, 2.45) is 23.3 Å². The van der Waals surface area contributed by atoms with E-state index in [2.05, 4.69) is 49.0 Å². The molecule has 14 nitrogen and oxygen atoms in total. The number of aryl methyl sites for hydroxylation is 2. The van der Waals surface area contributed by atoms with Crippen molar-refractivity contribution in [2.45, 2.75) is 79.3 Å². The minimum Gasteiger partial charge on any atom is -0.388 e. The van der Waals surface area contributed by atoms with Crippen molar-refractivity contribution in [3.63, 3.8) is 0 Å². The Morgan fingerprint density at radius 3 is 1.27 bits per heavy atom. The molecule has 10 N–H and O–H groups in total. The molecule has 0 radical (unpaired) electrons. The van der Waals surface area contributed by atoms with Gasteiger partial charge in [0.15, 0.2) is 0 Å². The number of amides is 4. The third kappa shape index (κ3) is 12.1. The molecule has 0 saturated carbocycles. The Hall–Kier alpha value is -5.40. The summed E-state index contributed by atoms with van der Waals surface area (Å²) in [6.45, 7) is 9.52. The Balaban J connectivity index is 1.70. The molecule has 258 valence electrons. The lowest BCUT2D eigenvalue weighted by Gasteiger charge is -2.12. The molecule has 0 atom stereocenters. The number of nitrogens with zero attached hydrogens (tertiary/aromatic N) is 2.